The van der Waals surface area contributed by atoms with Crippen LogP contribution in [-0.4, -0.2) is 23.9 Å². The highest BCUT2D eigenvalue weighted by molar-refractivity contribution is 5.82. The monoisotopic (exact) mass is 259 g/mol. The fraction of sp³-hybridized carbons (Fsp3) is 0.588. The molecule has 104 valence electrons. The maximum absolute atomic E-state index is 12.7. The number of hydrogen-bond donors (Lipinski definition) is 0. The normalized spacial score (nSPS) is 17.1. The van der Waals surface area contributed by atoms with Gasteiger partial charge < -0.3 is 4.90 Å². The summed E-state index contributed by atoms with van der Waals surface area (Å²) in [6, 6.07) is 10.3. The van der Waals surface area contributed by atoms with Gasteiger partial charge in [-0.15, -0.1) is 0 Å². The van der Waals surface area contributed by atoms with E-state index in [9.17, 15) is 4.79 Å². The fourth-order valence-corrected chi connectivity index (χ4v) is 2.88. The molecule has 0 atom stereocenters. The lowest BCUT2D eigenvalue weighted by molar-refractivity contribution is -0.140. The minimum atomic E-state index is -0.300. The largest absolute Gasteiger partial charge is 0.342 e. The number of benzene rings is 1. The van der Waals surface area contributed by atoms with Gasteiger partial charge in [0, 0.05) is 18.5 Å². The van der Waals surface area contributed by atoms with E-state index >= 15 is 0 Å². The van der Waals surface area contributed by atoms with Gasteiger partial charge in [0.2, 0.25) is 5.91 Å². The van der Waals surface area contributed by atoms with Crippen LogP contribution in [0.1, 0.15) is 45.1 Å². The molecule has 19 heavy (non-hydrogen) atoms. The smallest absolute Gasteiger partial charge is 0.228 e. The van der Waals surface area contributed by atoms with Crippen molar-refractivity contribution < 1.29 is 4.79 Å². The summed E-state index contributed by atoms with van der Waals surface area (Å²) in [5.41, 5.74) is 0.946. The molecule has 1 aliphatic heterocycles. The van der Waals surface area contributed by atoms with Crippen molar-refractivity contribution in [3.05, 3.63) is 35.9 Å². The SMILES string of the molecule is CC(C)(Cc1ccccc1)C(=O)N1CCCCCC1. The molecule has 0 aromatic heterocycles. The molecule has 1 aliphatic rings. The Labute approximate surface area is 116 Å². The van der Waals surface area contributed by atoms with Crippen molar-refractivity contribution in [3.8, 4) is 0 Å². The minimum Gasteiger partial charge on any atom is -0.342 e. The number of likely N-dealkylation sites (tertiary alicyclic amines) is 1. The number of amides is 1. The second-order valence-corrected chi connectivity index (χ2v) is 6.25. The van der Waals surface area contributed by atoms with Crippen LogP contribution in [0.25, 0.3) is 0 Å². The van der Waals surface area contributed by atoms with Crippen LogP contribution in [0.15, 0.2) is 30.3 Å². The van der Waals surface area contributed by atoms with E-state index < -0.39 is 0 Å². The Hall–Kier alpha value is -1.31. The van der Waals surface area contributed by atoms with Gasteiger partial charge in [0.15, 0.2) is 0 Å². The fourth-order valence-electron chi connectivity index (χ4n) is 2.88. The molecule has 2 heteroatoms. The van der Waals surface area contributed by atoms with Crippen molar-refractivity contribution in [2.75, 3.05) is 13.1 Å². The second kappa shape index (κ2) is 6.23. The highest BCUT2D eigenvalue weighted by atomic mass is 16.2. The molecule has 0 bridgehead atoms. The summed E-state index contributed by atoms with van der Waals surface area (Å²) in [5, 5.41) is 0. The number of nitrogens with zero attached hydrogens (tertiary/aromatic N) is 1. The first-order valence-electron chi connectivity index (χ1n) is 7.43. The van der Waals surface area contributed by atoms with Gasteiger partial charge in [0.05, 0.1) is 0 Å². The van der Waals surface area contributed by atoms with E-state index in [0.29, 0.717) is 5.91 Å². The van der Waals surface area contributed by atoms with Gasteiger partial charge in [-0.2, -0.15) is 0 Å². The Bertz CT molecular complexity index is 403. The van der Waals surface area contributed by atoms with Gasteiger partial charge in [-0.05, 0) is 24.8 Å². The molecule has 2 rings (SSSR count). The van der Waals surface area contributed by atoms with E-state index in [4.69, 9.17) is 0 Å². The molecule has 1 fully saturated rings. The average molecular weight is 259 g/mol. The highest BCUT2D eigenvalue weighted by Crippen LogP contribution is 2.26. The highest BCUT2D eigenvalue weighted by Gasteiger charge is 2.32. The lowest BCUT2D eigenvalue weighted by Gasteiger charge is -2.31. The zero-order valence-electron chi connectivity index (χ0n) is 12.2. The first-order chi connectivity index (χ1) is 9.09. The molecule has 1 aromatic rings. The van der Waals surface area contributed by atoms with Crippen molar-refractivity contribution >= 4 is 5.91 Å². The van der Waals surface area contributed by atoms with Gasteiger partial charge in [-0.25, -0.2) is 0 Å². The Morgan fingerprint density at radius 1 is 1.05 bits per heavy atom. The summed E-state index contributed by atoms with van der Waals surface area (Å²) >= 11 is 0. The quantitative estimate of drug-likeness (QED) is 0.811. The third-order valence-electron chi connectivity index (χ3n) is 3.96. The second-order valence-electron chi connectivity index (χ2n) is 6.25. The molecule has 0 radical (unpaired) electrons. The molecule has 0 N–H and O–H groups in total. The molecule has 0 saturated carbocycles. The van der Waals surface area contributed by atoms with Gasteiger partial charge >= 0.3 is 0 Å². The zero-order chi connectivity index (χ0) is 13.7. The Kier molecular flexibility index (Phi) is 4.62. The van der Waals surface area contributed by atoms with Crippen LogP contribution in [0.4, 0.5) is 0 Å². The Morgan fingerprint density at radius 3 is 2.21 bits per heavy atom. The third-order valence-corrected chi connectivity index (χ3v) is 3.96. The molecule has 0 aliphatic carbocycles. The van der Waals surface area contributed by atoms with E-state index in [2.05, 4.69) is 30.9 Å². The lowest BCUT2D eigenvalue weighted by atomic mass is 9.84. The van der Waals surface area contributed by atoms with E-state index in [1.807, 2.05) is 18.2 Å². The zero-order valence-corrected chi connectivity index (χ0v) is 12.2. The number of carbonyl (C=O) groups is 1. The molecule has 1 aromatic carbocycles. The minimum absolute atomic E-state index is 0.300. The number of hydrogen-bond acceptors (Lipinski definition) is 1. The summed E-state index contributed by atoms with van der Waals surface area (Å²) in [4.78, 5) is 14.8. The Morgan fingerprint density at radius 2 is 1.63 bits per heavy atom. The first kappa shape index (κ1) is 14.1. The third kappa shape index (κ3) is 3.82. The molecule has 1 saturated heterocycles. The van der Waals surface area contributed by atoms with E-state index in [0.717, 1.165) is 32.4 Å². The molecule has 2 nitrogen and oxygen atoms in total. The average Bonchev–Trinajstić information content (AvgIpc) is 2.67. The summed E-state index contributed by atoms with van der Waals surface area (Å²) in [5.74, 6) is 0.318. The van der Waals surface area contributed by atoms with E-state index in [1.165, 1.54) is 18.4 Å². The van der Waals surface area contributed by atoms with Crippen molar-refractivity contribution in [1.82, 2.24) is 4.90 Å². The Balaban J connectivity index is 2.03. The predicted octanol–water partition coefficient (Wildman–Crippen LogP) is 3.66. The van der Waals surface area contributed by atoms with Crippen molar-refractivity contribution in [2.24, 2.45) is 5.41 Å². The van der Waals surface area contributed by atoms with Crippen LogP contribution in [0.3, 0.4) is 0 Å². The molecular formula is C17H25NO. The van der Waals surface area contributed by atoms with E-state index in [-0.39, 0.29) is 5.41 Å². The molecule has 1 amide bonds. The van der Waals surface area contributed by atoms with Crippen LogP contribution < -0.4 is 0 Å². The van der Waals surface area contributed by atoms with Crippen molar-refractivity contribution in [2.45, 2.75) is 46.0 Å². The van der Waals surface area contributed by atoms with Crippen LogP contribution in [0.5, 0.6) is 0 Å². The number of carbonyl (C=O) groups excluding carboxylic acids is 1. The van der Waals surface area contributed by atoms with Crippen LogP contribution in [0.2, 0.25) is 0 Å². The summed E-state index contributed by atoms with van der Waals surface area (Å²) in [6.07, 6.45) is 5.68. The number of rotatable bonds is 3. The summed E-state index contributed by atoms with van der Waals surface area (Å²) in [7, 11) is 0. The van der Waals surface area contributed by atoms with Crippen LogP contribution in [0, 0.1) is 5.41 Å². The van der Waals surface area contributed by atoms with Crippen LogP contribution >= 0.6 is 0 Å². The molecule has 0 unspecified atom stereocenters. The first-order valence-corrected chi connectivity index (χ1v) is 7.43. The van der Waals surface area contributed by atoms with Gasteiger partial charge in [0.25, 0.3) is 0 Å². The van der Waals surface area contributed by atoms with Gasteiger partial charge in [-0.1, -0.05) is 57.0 Å². The topological polar surface area (TPSA) is 20.3 Å². The summed E-state index contributed by atoms with van der Waals surface area (Å²) < 4.78 is 0. The molecular weight excluding hydrogens is 234 g/mol. The lowest BCUT2D eigenvalue weighted by Crippen LogP contribution is -2.42. The predicted molar refractivity (Wildman–Crippen MR) is 79.0 cm³/mol. The maximum atomic E-state index is 12.7. The maximum Gasteiger partial charge on any atom is 0.228 e. The van der Waals surface area contributed by atoms with E-state index in [1.54, 1.807) is 0 Å². The summed E-state index contributed by atoms with van der Waals surface area (Å²) in [6.45, 7) is 6.04. The molecule has 1 heterocycles. The standard InChI is InChI=1S/C17H25NO/c1-17(2,14-15-10-6-5-7-11-15)16(19)18-12-8-3-4-9-13-18/h5-7,10-11H,3-4,8-9,12-14H2,1-2H3. The van der Waals surface area contributed by atoms with Crippen molar-refractivity contribution in [3.63, 3.8) is 0 Å². The van der Waals surface area contributed by atoms with Crippen LogP contribution in [-0.2, 0) is 11.2 Å². The van der Waals surface area contributed by atoms with Crippen molar-refractivity contribution in [1.29, 1.82) is 0 Å². The van der Waals surface area contributed by atoms with Gasteiger partial charge in [-0.3, -0.25) is 4.79 Å². The van der Waals surface area contributed by atoms with Gasteiger partial charge in [0.1, 0.15) is 0 Å². The molecule has 0 spiro atoms.